The molecule has 3 saturated carbocycles. The largest absolute Gasteiger partial charge is 0.479 e. The molecule has 0 bridgehead atoms. The van der Waals surface area contributed by atoms with Gasteiger partial charge in [0.05, 0.1) is 6.10 Å². The fourth-order valence-corrected chi connectivity index (χ4v) is 8.78. The van der Waals surface area contributed by atoms with Gasteiger partial charge in [0, 0.05) is 12.3 Å². The van der Waals surface area contributed by atoms with Gasteiger partial charge in [0.25, 0.3) is 0 Å². The van der Waals surface area contributed by atoms with Crippen molar-refractivity contribution in [1.82, 2.24) is 0 Å². The first-order valence-corrected chi connectivity index (χ1v) is 13.2. The van der Waals surface area contributed by atoms with Crippen LogP contribution in [0.4, 0.5) is 0 Å². The summed E-state index contributed by atoms with van der Waals surface area (Å²) in [6, 6.07) is 0. The van der Waals surface area contributed by atoms with E-state index < -0.39 is 42.8 Å². The Morgan fingerprint density at radius 3 is 2.44 bits per heavy atom. The van der Waals surface area contributed by atoms with E-state index in [9.17, 15) is 34.8 Å². The molecule has 12 atom stereocenters. The summed E-state index contributed by atoms with van der Waals surface area (Å²) in [5.74, 6) is -0.737. The van der Waals surface area contributed by atoms with Crippen LogP contribution in [0.15, 0.2) is 11.6 Å². The molecule has 0 aromatic carbocycles. The molecule has 36 heavy (non-hydrogen) atoms. The zero-order valence-electron chi connectivity index (χ0n) is 21.1. The highest BCUT2D eigenvalue weighted by molar-refractivity contribution is 5.91. The van der Waals surface area contributed by atoms with Crippen LogP contribution in [-0.4, -0.2) is 74.8 Å². The number of hydrogen-bond donors (Lipinski definition) is 4. The van der Waals surface area contributed by atoms with Crippen LogP contribution < -0.4 is 0 Å². The normalized spacial score (nSPS) is 50.5. The van der Waals surface area contributed by atoms with Crippen molar-refractivity contribution in [3.05, 3.63) is 11.6 Å². The number of ether oxygens (including phenoxy) is 2. The quantitative estimate of drug-likeness (QED) is 0.446. The Bertz CT molecular complexity index is 976. The maximum atomic E-state index is 12.7. The number of aliphatic hydroxyl groups is 3. The molecular weight excluding hydrogens is 468 g/mol. The number of carboxylic acids is 1. The van der Waals surface area contributed by atoms with Gasteiger partial charge in [0.1, 0.15) is 24.1 Å². The van der Waals surface area contributed by atoms with Gasteiger partial charge in [-0.25, -0.2) is 4.79 Å². The zero-order chi connectivity index (χ0) is 26.2. The first-order chi connectivity index (χ1) is 16.9. The monoisotopic (exact) mass is 506 g/mol. The summed E-state index contributed by atoms with van der Waals surface area (Å²) in [6.07, 6.45) is -1.93. The van der Waals surface area contributed by atoms with Crippen molar-refractivity contribution in [3.63, 3.8) is 0 Å². The average Bonchev–Trinajstić information content (AvgIpc) is 3.16. The fourth-order valence-electron chi connectivity index (χ4n) is 8.78. The average molecular weight is 507 g/mol. The van der Waals surface area contributed by atoms with Crippen molar-refractivity contribution < 1.29 is 44.3 Å². The molecule has 0 amide bonds. The Balaban J connectivity index is 1.53. The van der Waals surface area contributed by atoms with Gasteiger partial charge < -0.3 is 29.9 Å². The van der Waals surface area contributed by atoms with Crippen LogP contribution in [0.2, 0.25) is 0 Å². The number of aliphatic carboxylic acids is 1. The van der Waals surface area contributed by atoms with E-state index >= 15 is 0 Å². The van der Waals surface area contributed by atoms with Crippen LogP contribution in [0.5, 0.6) is 0 Å². The molecule has 1 unspecified atom stereocenters. The van der Waals surface area contributed by atoms with Crippen molar-refractivity contribution in [2.75, 3.05) is 0 Å². The lowest BCUT2D eigenvalue weighted by molar-refractivity contribution is -0.320. The van der Waals surface area contributed by atoms with E-state index in [-0.39, 0.29) is 40.2 Å². The van der Waals surface area contributed by atoms with Crippen LogP contribution in [0.3, 0.4) is 0 Å². The van der Waals surface area contributed by atoms with Crippen LogP contribution >= 0.6 is 0 Å². The number of rotatable bonds is 4. The third-order valence-electron chi connectivity index (χ3n) is 10.5. The number of aliphatic hydroxyl groups excluding tert-OH is 3. The van der Waals surface area contributed by atoms with E-state index in [1.54, 1.807) is 13.0 Å². The molecule has 200 valence electrons. The molecule has 5 rings (SSSR count). The molecule has 4 N–H and O–H groups in total. The third kappa shape index (κ3) is 3.81. The molecule has 0 aromatic heterocycles. The standard InChI is InChI=1S/C27H38O9/c1-12(28)16-6-7-17-15-5-4-13-10-14(29)8-9-26(13,2)19(15)18(11-27(16,17)3)35-25-22(32)20(30)21(31)23(36-25)24(33)34/h10,15-23,25,30-32H,4-9,11H2,1-3H3,(H,33,34)/t15-,16-,17-,18+,19+,20+,21+,22-,23+,25?,26+,27-/m1/s1. The van der Waals surface area contributed by atoms with Crippen LogP contribution in [0, 0.1) is 34.5 Å². The maximum absolute atomic E-state index is 12.7. The predicted molar refractivity (Wildman–Crippen MR) is 125 cm³/mol. The number of carbonyl (C=O) groups is 3. The van der Waals surface area contributed by atoms with Gasteiger partial charge in [-0.05, 0) is 80.1 Å². The Morgan fingerprint density at radius 1 is 1.06 bits per heavy atom. The Morgan fingerprint density at radius 2 is 1.78 bits per heavy atom. The van der Waals surface area contributed by atoms with Gasteiger partial charge in [-0.3, -0.25) is 9.59 Å². The molecule has 4 fully saturated rings. The number of carbonyl (C=O) groups excluding carboxylic acids is 2. The first kappa shape index (κ1) is 26.0. The van der Waals surface area contributed by atoms with E-state index in [2.05, 4.69) is 13.8 Å². The minimum absolute atomic E-state index is 0.0162. The molecule has 4 aliphatic carbocycles. The Kier molecular flexibility index (Phi) is 6.48. The molecule has 5 aliphatic rings. The summed E-state index contributed by atoms with van der Waals surface area (Å²) in [7, 11) is 0. The van der Waals surface area contributed by atoms with Crippen molar-refractivity contribution in [3.8, 4) is 0 Å². The van der Waals surface area contributed by atoms with Crippen LogP contribution in [0.1, 0.15) is 65.7 Å². The molecule has 1 aliphatic heterocycles. The number of Topliss-reactive ketones (excluding diaryl/α,β-unsaturated/α-hetero) is 1. The second kappa shape index (κ2) is 8.98. The second-order valence-electron chi connectivity index (χ2n) is 12.2. The fraction of sp³-hybridized carbons (Fsp3) is 0.815. The van der Waals surface area contributed by atoms with E-state index in [1.165, 1.54) is 0 Å². The van der Waals surface area contributed by atoms with Gasteiger partial charge >= 0.3 is 5.97 Å². The Labute approximate surface area is 210 Å². The smallest absolute Gasteiger partial charge is 0.335 e. The SMILES string of the molecule is CC(=O)[C@H]1CC[C@@H]2[C@H]3CCC4=CC(=O)CC[C@]4(C)[C@@H]3[C@@H](OC3O[C@H](C(=O)O)[C@@H](O)[C@H](O)[C@H]3O)C[C@]12C. The topological polar surface area (TPSA) is 151 Å². The zero-order valence-corrected chi connectivity index (χ0v) is 21.1. The van der Waals surface area contributed by atoms with E-state index in [4.69, 9.17) is 9.47 Å². The summed E-state index contributed by atoms with van der Waals surface area (Å²) in [5.41, 5.74) is 0.493. The van der Waals surface area contributed by atoms with E-state index in [0.717, 1.165) is 31.3 Å². The lowest BCUT2D eigenvalue weighted by atomic mass is 9.46. The molecular formula is C27H38O9. The number of fused-ring (bicyclic) bond motifs is 5. The molecule has 9 nitrogen and oxygen atoms in total. The van der Waals surface area contributed by atoms with Gasteiger partial charge in [0.15, 0.2) is 18.2 Å². The predicted octanol–water partition coefficient (Wildman–Crippen LogP) is 1.61. The third-order valence-corrected chi connectivity index (χ3v) is 10.5. The minimum Gasteiger partial charge on any atom is -0.479 e. The lowest BCUT2D eigenvalue weighted by Gasteiger charge is -2.61. The number of allylic oxidation sites excluding steroid dienone is 1. The summed E-state index contributed by atoms with van der Waals surface area (Å²) in [5, 5.41) is 40.7. The van der Waals surface area contributed by atoms with Crippen LogP contribution in [-0.2, 0) is 23.9 Å². The first-order valence-electron chi connectivity index (χ1n) is 13.2. The number of hydrogen-bond acceptors (Lipinski definition) is 8. The molecule has 1 saturated heterocycles. The van der Waals surface area contributed by atoms with Gasteiger partial charge in [-0.1, -0.05) is 19.4 Å². The van der Waals surface area contributed by atoms with Crippen LogP contribution in [0.25, 0.3) is 0 Å². The Hall–Kier alpha value is -1.65. The van der Waals surface area contributed by atoms with Crippen molar-refractivity contribution >= 4 is 17.5 Å². The minimum atomic E-state index is -1.79. The maximum Gasteiger partial charge on any atom is 0.335 e. The molecule has 0 radical (unpaired) electrons. The summed E-state index contributed by atoms with van der Waals surface area (Å²) >= 11 is 0. The molecule has 0 aromatic rings. The van der Waals surface area contributed by atoms with Gasteiger partial charge in [-0.15, -0.1) is 0 Å². The highest BCUT2D eigenvalue weighted by Gasteiger charge is 2.64. The number of ketones is 2. The van der Waals surface area contributed by atoms with Gasteiger partial charge in [0.2, 0.25) is 0 Å². The van der Waals surface area contributed by atoms with E-state index in [1.807, 2.05) is 0 Å². The highest BCUT2D eigenvalue weighted by atomic mass is 16.7. The highest BCUT2D eigenvalue weighted by Crippen LogP contribution is 2.67. The van der Waals surface area contributed by atoms with Crippen molar-refractivity contribution in [2.45, 2.75) is 103 Å². The molecule has 1 heterocycles. The number of carboxylic acid groups (broad SMARTS) is 1. The molecule has 9 heteroatoms. The lowest BCUT2D eigenvalue weighted by Crippen LogP contribution is -2.63. The summed E-state index contributed by atoms with van der Waals surface area (Å²) in [4.78, 5) is 36.6. The second-order valence-corrected chi connectivity index (χ2v) is 12.2. The van der Waals surface area contributed by atoms with Crippen molar-refractivity contribution in [2.24, 2.45) is 34.5 Å². The molecule has 0 spiro atoms. The summed E-state index contributed by atoms with van der Waals surface area (Å²) < 4.78 is 11.9. The van der Waals surface area contributed by atoms with E-state index in [0.29, 0.717) is 25.2 Å². The summed E-state index contributed by atoms with van der Waals surface area (Å²) in [6.45, 7) is 5.97. The van der Waals surface area contributed by atoms with Gasteiger partial charge in [-0.2, -0.15) is 0 Å². The van der Waals surface area contributed by atoms with Crippen molar-refractivity contribution in [1.29, 1.82) is 0 Å².